The molecule has 0 spiro atoms. The van der Waals surface area contributed by atoms with Crippen LogP contribution in [0.3, 0.4) is 0 Å². The highest BCUT2D eigenvalue weighted by Gasteiger charge is 2.79. The van der Waals surface area contributed by atoms with E-state index in [2.05, 4.69) is 0 Å². The van der Waals surface area contributed by atoms with E-state index >= 15 is 0 Å². The molecular weight excluding hydrogens is 566 g/mol. The highest BCUT2D eigenvalue weighted by Crippen LogP contribution is 2.55. The van der Waals surface area contributed by atoms with Crippen molar-refractivity contribution in [2.45, 2.75) is 130 Å². The molecule has 3 fully saturated rings. The molecule has 4 rings (SSSR count). The molecule has 0 unspecified atom stereocenters. The fourth-order valence-electron chi connectivity index (χ4n) is 6.38. The lowest BCUT2D eigenvalue weighted by molar-refractivity contribution is -0.243. The number of halogens is 6. The Bertz CT molecular complexity index is 1050. The minimum Gasteiger partial charge on any atom is -0.419 e. The van der Waals surface area contributed by atoms with Crippen LogP contribution in [0.5, 0.6) is 5.75 Å². The van der Waals surface area contributed by atoms with E-state index < -0.39 is 38.6 Å². The molecule has 0 atom stereocenters. The van der Waals surface area contributed by atoms with Crippen molar-refractivity contribution in [2.24, 2.45) is 0 Å². The Morgan fingerprint density at radius 3 is 1.46 bits per heavy atom. The van der Waals surface area contributed by atoms with Gasteiger partial charge in [0.15, 0.2) is 0 Å². The van der Waals surface area contributed by atoms with Crippen LogP contribution in [-0.4, -0.2) is 29.4 Å². The molecule has 1 aromatic rings. The van der Waals surface area contributed by atoms with E-state index in [0.29, 0.717) is 17.0 Å². The number of hydrogen-bond donors (Lipinski definition) is 1. The predicted octanol–water partition coefficient (Wildman–Crippen LogP) is 9.57. The first-order valence-electron chi connectivity index (χ1n) is 13.9. The van der Waals surface area contributed by atoms with E-state index in [0.717, 1.165) is 102 Å². The molecule has 1 N–H and O–H groups in total. The minimum atomic E-state index is -6.83. The van der Waals surface area contributed by atoms with E-state index in [-0.39, 0.29) is 17.6 Å². The molecule has 39 heavy (non-hydrogen) atoms. The van der Waals surface area contributed by atoms with Crippen molar-refractivity contribution in [3.63, 3.8) is 0 Å². The highest BCUT2D eigenvalue weighted by molar-refractivity contribution is 7.96. The largest absolute Gasteiger partial charge is 0.439 e. The SMILES string of the molecule is O=S(=O)(O)C(F)(F)C(F)(F)C(F)(F)SOc1c(C2CCCCC2)cc(C2CCCCC2)cc1C1CCCCC1. The van der Waals surface area contributed by atoms with Crippen molar-refractivity contribution in [1.82, 2.24) is 0 Å². The Labute approximate surface area is 230 Å². The molecule has 4 nitrogen and oxygen atoms in total. The normalized spacial score (nSPS) is 21.7. The first-order valence-corrected chi connectivity index (χ1v) is 16.1. The zero-order valence-electron chi connectivity index (χ0n) is 21.7. The lowest BCUT2D eigenvalue weighted by Crippen LogP contribution is -2.56. The summed E-state index contributed by atoms with van der Waals surface area (Å²) in [6.45, 7) is 0. The third kappa shape index (κ3) is 6.37. The second-order valence-electron chi connectivity index (χ2n) is 11.3. The molecule has 0 heterocycles. The number of alkyl halides is 6. The fraction of sp³-hybridized carbons (Fsp3) is 0.778. The zero-order valence-corrected chi connectivity index (χ0v) is 23.4. The van der Waals surface area contributed by atoms with Gasteiger partial charge >= 0.3 is 26.5 Å². The Hall–Kier alpha value is -1.14. The van der Waals surface area contributed by atoms with Gasteiger partial charge in [-0.15, -0.1) is 0 Å². The predicted molar refractivity (Wildman–Crippen MR) is 139 cm³/mol. The van der Waals surface area contributed by atoms with Gasteiger partial charge in [0.1, 0.15) is 17.8 Å². The Kier molecular flexibility index (Phi) is 9.48. The van der Waals surface area contributed by atoms with E-state index in [9.17, 15) is 34.8 Å². The quantitative estimate of drug-likeness (QED) is 0.173. The van der Waals surface area contributed by atoms with Gasteiger partial charge in [-0.25, -0.2) is 0 Å². The summed E-state index contributed by atoms with van der Waals surface area (Å²) in [5.74, 6) is -6.22. The fourth-order valence-corrected chi connectivity index (χ4v) is 7.51. The average molecular weight is 603 g/mol. The average Bonchev–Trinajstić information content (AvgIpc) is 2.92. The van der Waals surface area contributed by atoms with Gasteiger partial charge in [0.2, 0.25) is 0 Å². The van der Waals surface area contributed by atoms with Gasteiger partial charge in [0, 0.05) is 0 Å². The molecule has 0 bridgehead atoms. The molecule has 3 saturated carbocycles. The highest BCUT2D eigenvalue weighted by atomic mass is 32.2. The molecular formula is C27H36F6O4S2. The third-order valence-electron chi connectivity index (χ3n) is 8.62. The Morgan fingerprint density at radius 1 is 0.692 bits per heavy atom. The van der Waals surface area contributed by atoms with Gasteiger partial charge in [-0.05, 0) is 73.0 Å². The maximum Gasteiger partial charge on any atom is 0.439 e. The first-order chi connectivity index (χ1) is 18.3. The van der Waals surface area contributed by atoms with Crippen molar-refractivity contribution in [3.05, 3.63) is 28.8 Å². The molecule has 0 radical (unpaired) electrons. The van der Waals surface area contributed by atoms with E-state index in [1.807, 2.05) is 12.1 Å². The van der Waals surface area contributed by atoms with Crippen LogP contribution in [0.25, 0.3) is 0 Å². The van der Waals surface area contributed by atoms with Crippen LogP contribution in [0.1, 0.15) is 131 Å². The van der Waals surface area contributed by atoms with Gasteiger partial charge in [-0.2, -0.15) is 34.8 Å². The molecule has 1 aromatic carbocycles. The van der Waals surface area contributed by atoms with Crippen LogP contribution >= 0.6 is 12.0 Å². The zero-order chi connectivity index (χ0) is 28.5. The Balaban J connectivity index is 1.76. The molecule has 3 aliphatic carbocycles. The maximum atomic E-state index is 14.7. The second kappa shape index (κ2) is 12.0. The van der Waals surface area contributed by atoms with Gasteiger partial charge in [-0.1, -0.05) is 69.9 Å². The summed E-state index contributed by atoms with van der Waals surface area (Å²) in [5.41, 5.74) is 2.38. The van der Waals surface area contributed by atoms with E-state index in [1.165, 1.54) is 0 Å². The van der Waals surface area contributed by atoms with Gasteiger partial charge in [0.05, 0.1) is 0 Å². The molecule has 0 aromatic heterocycles. The summed E-state index contributed by atoms with van der Waals surface area (Å²) in [5, 5.41) is -12.1. The summed E-state index contributed by atoms with van der Waals surface area (Å²) in [4.78, 5) is 0. The van der Waals surface area contributed by atoms with Gasteiger partial charge in [-0.3, -0.25) is 4.55 Å². The summed E-state index contributed by atoms with van der Waals surface area (Å²) < 4.78 is 121. The van der Waals surface area contributed by atoms with Crippen LogP contribution in [0.4, 0.5) is 26.3 Å². The van der Waals surface area contributed by atoms with Crippen molar-refractivity contribution in [1.29, 1.82) is 0 Å². The molecule has 0 amide bonds. The van der Waals surface area contributed by atoms with Crippen molar-refractivity contribution < 1.29 is 43.5 Å². The number of rotatable bonds is 9. The smallest absolute Gasteiger partial charge is 0.419 e. The maximum absolute atomic E-state index is 14.7. The topological polar surface area (TPSA) is 63.6 Å². The monoisotopic (exact) mass is 602 g/mol. The van der Waals surface area contributed by atoms with E-state index in [1.54, 1.807) is 0 Å². The minimum absolute atomic E-state index is 0.0176. The van der Waals surface area contributed by atoms with Crippen LogP contribution in [0.15, 0.2) is 12.1 Å². The Morgan fingerprint density at radius 2 is 1.08 bits per heavy atom. The van der Waals surface area contributed by atoms with Crippen LogP contribution < -0.4 is 4.18 Å². The first kappa shape index (κ1) is 30.8. The van der Waals surface area contributed by atoms with Gasteiger partial charge < -0.3 is 4.18 Å². The molecule has 0 aliphatic heterocycles. The summed E-state index contributed by atoms with van der Waals surface area (Å²) >= 11 is -1.16. The van der Waals surface area contributed by atoms with E-state index in [4.69, 9.17) is 8.74 Å². The van der Waals surface area contributed by atoms with Crippen molar-refractivity contribution >= 4 is 22.2 Å². The van der Waals surface area contributed by atoms with Crippen LogP contribution in [0, 0.1) is 0 Å². The molecule has 0 saturated heterocycles. The summed E-state index contributed by atoms with van der Waals surface area (Å²) in [6, 6.07) is 3.88. The number of hydrogen-bond acceptors (Lipinski definition) is 4. The van der Waals surface area contributed by atoms with Gasteiger partial charge in [0.25, 0.3) is 0 Å². The van der Waals surface area contributed by atoms with Crippen LogP contribution in [0.2, 0.25) is 0 Å². The summed E-state index contributed by atoms with van der Waals surface area (Å²) in [7, 11) is -6.83. The molecule has 222 valence electrons. The second-order valence-corrected chi connectivity index (χ2v) is 13.6. The molecule has 12 heteroatoms. The standard InChI is InChI=1S/C27H36F6O4S2/c28-25(29,27(32,33)39(34,35)36)26(30,31)38-37-24-22(19-12-6-2-7-13-19)16-21(18-10-4-1-5-11-18)17-23(24)20-14-8-3-9-15-20/h16-20H,1-15H2,(H,34,35,36). The van der Waals surface area contributed by atoms with Crippen LogP contribution in [-0.2, 0) is 10.1 Å². The summed E-state index contributed by atoms with van der Waals surface area (Å²) in [6.07, 6.45) is 14.1. The lowest BCUT2D eigenvalue weighted by Gasteiger charge is -2.33. The van der Waals surface area contributed by atoms with Crippen molar-refractivity contribution in [3.8, 4) is 5.75 Å². The third-order valence-corrected chi connectivity index (χ3v) is 10.2. The molecule has 3 aliphatic rings. The number of benzene rings is 1. The van der Waals surface area contributed by atoms with Crippen molar-refractivity contribution in [2.75, 3.05) is 0 Å². The lowest BCUT2D eigenvalue weighted by atomic mass is 9.75.